The summed E-state index contributed by atoms with van der Waals surface area (Å²) in [6.45, 7) is 2.92. The first-order chi connectivity index (χ1) is 15.0. The number of nitrogens with zero attached hydrogens (tertiary/aromatic N) is 3. The second-order valence-corrected chi connectivity index (χ2v) is 8.73. The van der Waals surface area contributed by atoms with Crippen LogP contribution in [0.4, 0.5) is 22.0 Å². The Balaban J connectivity index is 0.00000289. The van der Waals surface area contributed by atoms with E-state index < -0.39 is 0 Å². The van der Waals surface area contributed by atoms with E-state index in [1.54, 1.807) is 37.1 Å². The molecule has 2 heterocycles. The molecule has 1 aromatic carbocycles. The third kappa shape index (κ3) is 5.17. The minimum absolute atomic E-state index is 0. The van der Waals surface area contributed by atoms with Crippen LogP contribution in [0.2, 0.25) is 5.02 Å². The van der Waals surface area contributed by atoms with Crippen LogP contribution in [0.1, 0.15) is 38.3 Å². The van der Waals surface area contributed by atoms with Crippen LogP contribution in [0.25, 0.3) is 0 Å². The number of urea groups is 1. The highest BCUT2D eigenvalue weighted by atomic mass is 35.5. The van der Waals surface area contributed by atoms with Crippen molar-refractivity contribution in [2.24, 2.45) is 5.92 Å². The van der Waals surface area contributed by atoms with E-state index >= 15 is 0 Å². The van der Waals surface area contributed by atoms with Gasteiger partial charge in [0.2, 0.25) is 5.91 Å². The Morgan fingerprint density at radius 3 is 2.69 bits per heavy atom. The van der Waals surface area contributed by atoms with Gasteiger partial charge in [0, 0.05) is 11.6 Å². The fourth-order valence-electron chi connectivity index (χ4n) is 4.25. The lowest BCUT2D eigenvalue weighted by molar-refractivity contribution is -0.117. The minimum atomic E-state index is -0.332. The fourth-order valence-corrected chi connectivity index (χ4v) is 4.44. The van der Waals surface area contributed by atoms with Crippen LogP contribution >= 0.6 is 24.0 Å². The Kier molecular flexibility index (Phi) is 7.98. The Hall–Kier alpha value is -2.35. The van der Waals surface area contributed by atoms with Crippen LogP contribution in [0, 0.1) is 5.92 Å². The van der Waals surface area contributed by atoms with Gasteiger partial charge in [-0.1, -0.05) is 30.5 Å². The molecule has 2 N–H and O–H groups in total. The number of likely N-dealkylation sites (N-methyl/N-ethyl adjacent to an activating group) is 1. The van der Waals surface area contributed by atoms with Crippen molar-refractivity contribution in [1.82, 2.24) is 15.2 Å². The molecule has 2 aromatic rings. The largest absolute Gasteiger partial charge is 0.329 e. The van der Waals surface area contributed by atoms with Crippen molar-refractivity contribution in [1.29, 1.82) is 0 Å². The van der Waals surface area contributed by atoms with Gasteiger partial charge in [-0.3, -0.25) is 9.69 Å². The number of aromatic nitrogens is 1. The zero-order valence-electron chi connectivity index (χ0n) is 18.3. The van der Waals surface area contributed by atoms with Gasteiger partial charge < -0.3 is 15.5 Å². The Morgan fingerprint density at radius 1 is 1.25 bits per heavy atom. The quantitative estimate of drug-likeness (QED) is 0.615. The predicted octanol–water partition coefficient (Wildman–Crippen LogP) is 4.97. The van der Waals surface area contributed by atoms with E-state index in [1.807, 2.05) is 23.1 Å². The summed E-state index contributed by atoms with van der Waals surface area (Å²) in [6.07, 6.45) is 4.75. The van der Waals surface area contributed by atoms with Crippen molar-refractivity contribution < 1.29 is 9.59 Å². The average molecular weight is 478 g/mol. The maximum absolute atomic E-state index is 13.5. The van der Waals surface area contributed by atoms with Crippen molar-refractivity contribution in [3.63, 3.8) is 0 Å². The Bertz CT molecular complexity index is 981. The van der Waals surface area contributed by atoms with Gasteiger partial charge in [-0.25, -0.2) is 9.78 Å². The number of pyridine rings is 1. The number of anilines is 3. The van der Waals surface area contributed by atoms with E-state index in [0.29, 0.717) is 35.5 Å². The predicted molar refractivity (Wildman–Crippen MR) is 130 cm³/mol. The van der Waals surface area contributed by atoms with E-state index in [9.17, 15) is 9.59 Å². The second kappa shape index (κ2) is 10.5. The molecule has 0 unspecified atom stereocenters. The van der Waals surface area contributed by atoms with E-state index in [-0.39, 0.29) is 30.4 Å². The molecule has 9 heteroatoms. The smallest absolute Gasteiger partial charge is 0.318 e. The van der Waals surface area contributed by atoms with E-state index in [0.717, 1.165) is 24.2 Å². The first-order valence-corrected chi connectivity index (χ1v) is 11.2. The molecule has 0 bridgehead atoms. The van der Waals surface area contributed by atoms with Crippen molar-refractivity contribution in [3.05, 3.63) is 47.1 Å². The number of fused-ring (bicyclic) bond motifs is 1. The molecule has 1 aromatic heterocycles. The highest BCUT2D eigenvalue weighted by Crippen LogP contribution is 2.37. The van der Waals surface area contributed by atoms with Crippen LogP contribution in [0.3, 0.4) is 0 Å². The van der Waals surface area contributed by atoms with Gasteiger partial charge in [0.1, 0.15) is 5.82 Å². The molecule has 172 valence electrons. The number of benzene rings is 1. The molecule has 32 heavy (non-hydrogen) atoms. The molecule has 1 fully saturated rings. The molecular weight excluding hydrogens is 449 g/mol. The third-order valence-electron chi connectivity index (χ3n) is 6.09. The van der Waals surface area contributed by atoms with Crippen molar-refractivity contribution in [2.45, 2.75) is 45.2 Å². The average Bonchev–Trinajstić information content (AvgIpc) is 3.27. The number of hydrogen-bond acceptors (Lipinski definition) is 4. The SMILES string of the molecule is CN[C@@H](C)C(=O)Nc1ccc2c(n1)CN(CC1CCCC1)C(=O)N2c1cccc(Cl)c1.Cl. The number of hydrogen-bond donors (Lipinski definition) is 2. The highest BCUT2D eigenvalue weighted by molar-refractivity contribution is 6.31. The molecule has 0 saturated heterocycles. The number of amides is 3. The van der Waals surface area contributed by atoms with Gasteiger partial charge in [-0.15, -0.1) is 12.4 Å². The maximum atomic E-state index is 13.5. The lowest BCUT2D eigenvalue weighted by Crippen LogP contribution is -2.46. The summed E-state index contributed by atoms with van der Waals surface area (Å²) in [5.41, 5.74) is 2.18. The van der Waals surface area contributed by atoms with Crippen molar-refractivity contribution in [3.8, 4) is 0 Å². The van der Waals surface area contributed by atoms with Crippen molar-refractivity contribution in [2.75, 3.05) is 23.8 Å². The molecule has 2 aliphatic rings. The van der Waals surface area contributed by atoms with Crippen molar-refractivity contribution >= 4 is 53.1 Å². The molecule has 1 saturated carbocycles. The lowest BCUT2D eigenvalue weighted by atomic mass is 10.1. The molecule has 1 aliphatic carbocycles. The zero-order chi connectivity index (χ0) is 22.0. The molecular formula is C23H29Cl2N5O2. The summed E-state index contributed by atoms with van der Waals surface area (Å²) in [4.78, 5) is 34.0. The molecule has 0 spiro atoms. The summed E-state index contributed by atoms with van der Waals surface area (Å²) in [7, 11) is 1.74. The van der Waals surface area contributed by atoms with E-state index in [2.05, 4.69) is 10.6 Å². The number of carbonyl (C=O) groups excluding carboxylic acids is 2. The fraction of sp³-hybridized carbons (Fsp3) is 0.435. The maximum Gasteiger partial charge on any atom is 0.329 e. The zero-order valence-corrected chi connectivity index (χ0v) is 19.9. The first kappa shape index (κ1) is 24.3. The van der Waals surface area contributed by atoms with Gasteiger partial charge in [-0.2, -0.15) is 0 Å². The van der Waals surface area contributed by atoms with E-state index in [1.165, 1.54) is 12.8 Å². The monoisotopic (exact) mass is 477 g/mol. The van der Waals surface area contributed by atoms with Crippen LogP contribution in [0.15, 0.2) is 36.4 Å². The number of rotatable bonds is 6. The summed E-state index contributed by atoms with van der Waals surface area (Å²) >= 11 is 6.22. The Morgan fingerprint density at radius 2 is 2.00 bits per heavy atom. The first-order valence-electron chi connectivity index (χ1n) is 10.8. The van der Waals surface area contributed by atoms with Crippen LogP contribution in [0.5, 0.6) is 0 Å². The summed E-state index contributed by atoms with van der Waals surface area (Å²) in [5.74, 6) is 0.842. The summed E-state index contributed by atoms with van der Waals surface area (Å²) < 4.78 is 0. The van der Waals surface area contributed by atoms with Gasteiger partial charge in [0.05, 0.1) is 29.7 Å². The normalized spacial score (nSPS) is 17.0. The topological polar surface area (TPSA) is 77.6 Å². The van der Waals surface area contributed by atoms with E-state index in [4.69, 9.17) is 16.6 Å². The van der Waals surface area contributed by atoms with Crippen LogP contribution in [-0.2, 0) is 11.3 Å². The highest BCUT2D eigenvalue weighted by Gasteiger charge is 2.34. The number of nitrogens with one attached hydrogen (secondary N) is 2. The Labute approximate surface area is 199 Å². The number of halogens is 2. The van der Waals surface area contributed by atoms with Gasteiger partial charge >= 0.3 is 6.03 Å². The molecule has 1 atom stereocenters. The third-order valence-corrected chi connectivity index (χ3v) is 6.33. The van der Waals surface area contributed by atoms with Crippen LogP contribution < -0.4 is 15.5 Å². The standard InChI is InChI=1S/C23H28ClN5O2.ClH/c1-15(25-2)22(30)27-21-11-10-20-19(26-21)14-28(13-16-6-3-4-7-16)23(31)29(20)18-9-5-8-17(24)12-18;/h5,8-12,15-16,25H,3-4,6-7,13-14H2,1-2H3,(H,26,27,30);1H/t15-;/m0./s1. The molecule has 1 aliphatic heterocycles. The van der Waals surface area contributed by atoms with Gasteiger partial charge in [0.15, 0.2) is 0 Å². The van der Waals surface area contributed by atoms with Gasteiger partial charge in [-0.05, 0) is 63.1 Å². The molecule has 3 amide bonds. The molecule has 0 radical (unpaired) electrons. The second-order valence-electron chi connectivity index (χ2n) is 8.29. The molecule has 7 nitrogen and oxygen atoms in total. The lowest BCUT2D eigenvalue weighted by Gasteiger charge is -2.37. The van der Waals surface area contributed by atoms with Gasteiger partial charge in [0.25, 0.3) is 0 Å². The minimum Gasteiger partial charge on any atom is -0.318 e. The van der Waals surface area contributed by atoms with Crippen LogP contribution in [-0.4, -0.2) is 41.5 Å². The number of carbonyl (C=O) groups is 2. The molecule has 4 rings (SSSR count). The summed E-state index contributed by atoms with van der Waals surface area (Å²) in [6, 6.07) is 10.5. The summed E-state index contributed by atoms with van der Waals surface area (Å²) in [5, 5.41) is 6.34.